The fourth-order valence-corrected chi connectivity index (χ4v) is 2.66. The van der Waals surface area contributed by atoms with E-state index in [9.17, 15) is 18.0 Å². The number of rotatable bonds is 2. The molecule has 0 saturated carbocycles. The van der Waals surface area contributed by atoms with Gasteiger partial charge in [0.15, 0.2) is 0 Å². The average Bonchev–Trinajstić information content (AvgIpc) is 2.45. The second-order valence-corrected chi connectivity index (χ2v) is 5.07. The summed E-state index contributed by atoms with van der Waals surface area (Å²) in [7, 11) is 0. The number of hydrogen-bond donors (Lipinski definition) is 0. The molecule has 1 unspecified atom stereocenters. The molecule has 1 saturated heterocycles. The predicted octanol–water partition coefficient (Wildman–Crippen LogP) is 2.94. The largest absolute Gasteiger partial charge is 0.417 e. The topological polar surface area (TPSA) is 29.5 Å². The highest BCUT2D eigenvalue weighted by Gasteiger charge is 2.37. The number of morpholine rings is 1. The lowest BCUT2D eigenvalue weighted by Crippen LogP contribution is -2.49. The zero-order valence-electron chi connectivity index (χ0n) is 10.5. The second-order valence-electron chi connectivity index (χ2n) is 4.42. The van der Waals surface area contributed by atoms with Gasteiger partial charge in [-0.15, -0.1) is 0 Å². The van der Waals surface area contributed by atoms with Crippen LogP contribution in [0.1, 0.15) is 15.9 Å². The Kier molecular flexibility index (Phi) is 4.70. The summed E-state index contributed by atoms with van der Waals surface area (Å²) in [5, 5.41) is 0.465. The number of hydrogen-bond acceptors (Lipinski definition) is 2. The van der Waals surface area contributed by atoms with E-state index in [0.29, 0.717) is 25.1 Å². The third-order valence-electron chi connectivity index (χ3n) is 3.13. The van der Waals surface area contributed by atoms with Crippen molar-refractivity contribution in [1.82, 2.24) is 4.90 Å². The van der Waals surface area contributed by atoms with Gasteiger partial charge in [-0.1, -0.05) is 28.1 Å². The normalized spacial score (nSPS) is 20.0. The number of alkyl halides is 4. The van der Waals surface area contributed by atoms with Crippen LogP contribution in [0.2, 0.25) is 0 Å². The van der Waals surface area contributed by atoms with E-state index in [1.54, 1.807) is 0 Å². The minimum absolute atomic E-state index is 0.252. The molecule has 1 aliphatic rings. The molecule has 0 radical (unpaired) electrons. The van der Waals surface area contributed by atoms with E-state index in [-0.39, 0.29) is 11.6 Å². The number of ether oxygens (including phenoxy) is 1. The molecule has 1 heterocycles. The van der Waals surface area contributed by atoms with Crippen molar-refractivity contribution >= 4 is 21.8 Å². The van der Waals surface area contributed by atoms with Gasteiger partial charge in [-0.25, -0.2) is 0 Å². The summed E-state index contributed by atoms with van der Waals surface area (Å²) in [5.74, 6) is -0.606. The number of amides is 1. The van der Waals surface area contributed by atoms with Crippen LogP contribution >= 0.6 is 15.9 Å². The quantitative estimate of drug-likeness (QED) is 0.766. The minimum atomic E-state index is -4.54. The van der Waals surface area contributed by atoms with Crippen molar-refractivity contribution in [2.24, 2.45) is 0 Å². The van der Waals surface area contributed by atoms with E-state index in [1.807, 2.05) is 0 Å². The summed E-state index contributed by atoms with van der Waals surface area (Å²) in [6.07, 6.45) is -4.54. The Morgan fingerprint density at radius 3 is 2.75 bits per heavy atom. The summed E-state index contributed by atoms with van der Waals surface area (Å²) in [5.41, 5.74) is -1.21. The minimum Gasteiger partial charge on any atom is -0.377 e. The van der Waals surface area contributed by atoms with Gasteiger partial charge in [0.25, 0.3) is 5.91 Å². The summed E-state index contributed by atoms with van der Waals surface area (Å²) in [4.78, 5) is 13.8. The molecule has 0 bridgehead atoms. The van der Waals surface area contributed by atoms with E-state index >= 15 is 0 Å². The Morgan fingerprint density at radius 2 is 2.10 bits per heavy atom. The van der Waals surface area contributed by atoms with Crippen molar-refractivity contribution in [3.8, 4) is 0 Å². The van der Waals surface area contributed by atoms with Gasteiger partial charge in [0.2, 0.25) is 0 Å². The van der Waals surface area contributed by atoms with E-state index in [0.717, 1.165) is 6.07 Å². The zero-order chi connectivity index (χ0) is 14.8. The predicted molar refractivity (Wildman–Crippen MR) is 70.9 cm³/mol. The third-order valence-corrected chi connectivity index (χ3v) is 3.88. The Labute approximate surface area is 122 Å². The number of benzene rings is 1. The van der Waals surface area contributed by atoms with Crippen LogP contribution in [-0.4, -0.2) is 41.9 Å². The molecule has 0 aliphatic carbocycles. The van der Waals surface area contributed by atoms with Gasteiger partial charge in [-0.3, -0.25) is 4.79 Å². The lowest BCUT2D eigenvalue weighted by molar-refractivity contribution is -0.138. The highest BCUT2D eigenvalue weighted by molar-refractivity contribution is 9.09. The van der Waals surface area contributed by atoms with E-state index in [2.05, 4.69) is 15.9 Å². The van der Waals surface area contributed by atoms with Crippen LogP contribution in [-0.2, 0) is 10.9 Å². The summed E-state index contributed by atoms with van der Waals surface area (Å²) < 4.78 is 44.1. The molecule has 1 fully saturated rings. The van der Waals surface area contributed by atoms with Crippen molar-refractivity contribution in [2.75, 3.05) is 25.1 Å². The molecule has 0 aromatic heterocycles. The number of carbonyl (C=O) groups is 1. The van der Waals surface area contributed by atoms with E-state index in [4.69, 9.17) is 4.74 Å². The highest BCUT2D eigenvalue weighted by Crippen LogP contribution is 2.32. The van der Waals surface area contributed by atoms with Gasteiger partial charge in [0.05, 0.1) is 30.4 Å². The summed E-state index contributed by atoms with van der Waals surface area (Å²) in [6, 6.07) is 4.60. The van der Waals surface area contributed by atoms with Crippen LogP contribution in [0.15, 0.2) is 24.3 Å². The SMILES string of the molecule is O=C(c1ccccc1C(F)(F)F)N1CCOCC1CBr. The first-order chi connectivity index (χ1) is 9.45. The first-order valence-corrected chi connectivity index (χ1v) is 7.18. The molecular weight excluding hydrogens is 339 g/mol. The summed E-state index contributed by atoms with van der Waals surface area (Å²) >= 11 is 3.25. The average molecular weight is 352 g/mol. The third kappa shape index (κ3) is 3.15. The molecule has 1 atom stereocenters. The fourth-order valence-electron chi connectivity index (χ4n) is 2.12. The van der Waals surface area contributed by atoms with Crippen LogP contribution in [0, 0.1) is 0 Å². The standard InChI is InChI=1S/C13H13BrF3NO2/c14-7-9-8-20-6-5-18(9)12(19)10-3-1-2-4-11(10)13(15,16)17/h1-4,9H,5-8H2. The van der Waals surface area contributed by atoms with E-state index in [1.165, 1.54) is 23.1 Å². The van der Waals surface area contributed by atoms with Gasteiger partial charge >= 0.3 is 6.18 Å². The smallest absolute Gasteiger partial charge is 0.377 e. The maximum Gasteiger partial charge on any atom is 0.417 e. The second kappa shape index (κ2) is 6.13. The van der Waals surface area contributed by atoms with Crippen LogP contribution in [0.3, 0.4) is 0 Å². The molecule has 2 rings (SSSR count). The van der Waals surface area contributed by atoms with E-state index < -0.39 is 17.6 Å². The Morgan fingerprint density at radius 1 is 1.40 bits per heavy atom. The van der Waals surface area contributed by atoms with Crippen molar-refractivity contribution in [1.29, 1.82) is 0 Å². The summed E-state index contributed by atoms with van der Waals surface area (Å²) in [6.45, 7) is 0.954. The molecule has 20 heavy (non-hydrogen) atoms. The number of carbonyl (C=O) groups excluding carboxylic acids is 1. The van der Waals surface area contributed by atoms with Crippen LogP contribution < -0.4 is 0 Å². The van der Waals surface area contributed by atoms with Gasteiger partial charge < -0.3 is 9.64 Å². The van der Waals surface area contributed by atoms with Gasteiger partial charge in [0, 0.05) is 11.9 Å². The zero-order valence-corrected chi connectivity index (χ0v) is 12.1. The molecular formula is C13H13BrF3NO2. The molecule has 1 aromatic rings. The van der Waals surface area contributed by atoms with Crippen LogP contribution in [0.25, 0.3) is 0 Å². The van der Waals surface area contributed by atoms with Gasteiger partial charge in [0.1, 0.15) is 0 Å². The molecule has 0 spiro atoms. The lowest BCUT2D eigenvalue weighted by Gasteiger charge is -2.35. The van der Waals surface area contributed by atoms with Crippen molar-refractivity contribution < 1.29 is 22.7 Å². The molecule has 1 amide bonds. The molecule has 1 aliphatic heterocycles. The number of halogens is 4. The molecule has 0 N–H and O–H groups in total. The monoisotopic (exact) mass is 351 g/mol. The molecule has 3 nitrogen and oxygen atoms in total. The fraction of sp³-hybridized carbons (Fsp3) is 0.462. The molecule has 110 valence electrons. The first-order valence-electron chi connectivity index (χ1n) is 6.06. The molecule has 1 aromatic carbocycles. The first kappa shape index (κ1) is 15.3. The van der Waals surface area contributed by atoms with Crippen LogP contribution in [0.5, 0.6) is 0 Å². The maximum atomic E-state index is 13.0. The van der Waals surface area contributed by atoms with Crippen molar-refractivity contribution in [3.05, 3.63) is 35.4 Å². The highest BCUT2D eigenvalue weighted by atomic mass is 79.9. The van der Waals surface area contributed by atoms with Crippen LogP contribution in [0.4, 0.5) is 13.2 Å². The van der Waals surface area contributed by atoms with Gasteiger partial charge in [-0.2, -0.15) is 13.2 Å². The van der Waals surface area contributed by atoms with Crippen molar-refractivity contribution in [3.63, 3.8) is 0 Å². The Hall–Kier alpha value is -1.08. The van der Waals surface area contributed by atoms with Crippen molar-refractivity contribution in [2.45, 2.75) is 12.2 Å². The Balaban J connectivity index is 2.33. The maximum absolute atomic E-state index is 13.0. The Bertz CT molecular complexity index is 493. The van der Waals surface area contributed by atoms with Gasteiger partial charge in [-0.05, 0) is 12.1 Å². The lowest BCUT2D eigenvalue weighted by atomic mass is 10.0. The molecule has 7 heteroatoms. The number of nitrogens with zero attached hydrogens (tertiary/aromatic N) is 1.